The van der Waals surface area contributed by atoms with Gasteiger partial charge in [-0.05, 0) is 12.8 Å². The topological polar surface area (TPSA) is 51.0 Å². The number of aromatic nitrogens is 2. The van der Waals surface area contributed by atoms with Gasteiger partial charge in [0.05, 0.1) is 6.54 Å². The molecule has 0 aliphatic heterocycles. The molecule has 1 fully saturated rings. The van der Waals surface area contributed by atoms with Crippen LogP contribution in [0, 0.1) is 0 Å². The van der Waals surface area contributed by atoms with Crippen LogP contribution in [0.2, 0.25) is 0 Å². The lowest BCUT2D eigenvalue weighted by molar-refractivity contribution is 0.356. The molecule has 0 bridgehead atoms. The third-order valence-corrected chi connectivity index (χ3v) is 3.60. The molecular formula is C14H25N3O. The first kappa shape index (κ1) is 13.5. The summed E-state index contributed by atoms with van der Waals surface area (Å²) >= 11 is 0. The minimum absolute atomic E-state index is 0.446. The van der Waals surface area contributed by atoms with Gasteiger partial charge in [-0.25, -0.2) is 0 Å². The van der Waals surface area contributed by atoms with Crippen LogP contribution in [0.4, 0.5) is 0 Å². The predicted octanol–water partition coefficient (Wildman–Crippen LogP) is 3.40. The molecule has 18 heavy (non-hydrogen) atoms. The quantitative estimate of drug-likeness (QED) is 0.891. The first-order chi connectivity index (χ1) is 8.75. The summed E-state index contributed by atoms with van der Waals surface area (Å²) in [5.74, 6) is 2.07. The van der Waals surface area contributed by atoms with Crippen LogP contribution in [-0.2, 0) is 6.54 Å². The van der Waals surface area contributed by atoms with Crippen LogP contribution >= 0.6 is 0 Å². The minimum Gasteiger partial charge on any atom is -0.424 e. The zero-order valence-electron chi connectivity index (χ0n) is 11.6. The molecule has 1 N–H and O–H groups in total. The van der Waals surface area contributed by atoms with Gasteiger partial charge in [-0.15, -0.1) is 10.2 Å². The third-order valence-electron chi connectivity index (χ3n) is 3.60. The largest absolute Gasteiger partial charge is 0.424 e. The Morgan fingerprint density at radius 1 is 1.11 bits per heavy atom. The molecule has 4 nitrogen and oxygen atoms in total. The molecule has 0 amide bonds. The van der Waals surface area contributed by atoms with Crippen molar-refractivity contribution < 1.29 is 4.42 Å². The van der Waals surface area contributed by atoms with E-state index in [1.54, 1.807) is 0 Å². The molecule has 0 spiro atoms. The van der Waals surface area contributed by atoms with Gasteiger partial charge < -0.3 is 9.73 Å². The van der Waals surface area contributed by atoms with Crippen LogP contribution in [0.25, 0.3) is 0 Å². The van der Waals surface area contributed by atoms with Crippen LogP contribution in [0.3, 0.4) is 0 Å². The van der Waals surface area contributed by atoms with E-state index in [2.05, 4.69) is 29.4 Å². The van der Waals surface area contributed by atoms with Crippen molar-refractivity contribution in [2.45, 2.75) is 77.3 Å². The summed E-state index contributed by atoms with van der Waals surface area (Å²) in [6.07, 6.45) is 9.11. The molecule has 1 aromatic heterocycles. The molecule has 0 atom stereocenters. The smallest absolute Gasteiger partial charge is 0.230 e. The molecule has 0 aromatic carbocycles. The number of nitrogens with one attached hydrogen (secondary N) is 1. The van der Waals surface area contributed by atoms with Crippen LogP contribution in [-0.4, -0.2) is 16.2 Å². The van der Waals surface area contributed by atoms with Crippen LogP contribution < -0.4 is 5.32 Å². The van der Waals surface area contributed by atoms with Gasteiger partial charge in [-0.1, -0.05) is 46.0 Å². The summed E-state index contributed by atoms with van der Waals surface area (Å²) in [6, 6.07) is 0.446. The van der Waals surface area contributed by atoms with Crippen molar-refractivity contribution in [1.82, 2.24) is 15.5 Å². The Bertz CT molecular complexity index is 341. The summed E-state index contributed by atoms with van der Waals surface area (Å²) in [5, 5.41) is 11.7. The van der Waals surface area contributed by atoms with Gasteiger partial charge in [0.2, 0.25) is 11.8 Å². The average Bonchev–Trinajstić information content (AvgIpc) is 2.74. The molecule has 2 rings (SSSR count). The van der Waals surface area contributed by atoms with E-state index in [0.29, 0.717) is 18.5 Å². The Labute approximate surface area is 110 Å². The summed E-state index contributed by atoms with van der Waals surface area (Å²) in [6.45, 7) is 4.91. The number of hydrogen-bond acceptors (Lipinski definition) is 4. The fourth-order valence-corrected chi connectivity index (χ4v) is 2.50. The van der Waals surface area contributed by atoms with Crippen molar-refractivity contribution in [3.05, 3.63) is 11.8 Å². The van der Waals surface area contributed by atoms with Gasteiger partial charge in [0.1, 0.15) is 0 Å². The highest BCUT2D eigenvalue weighted by molar-refractivity contribution is 4.92. The van der Waals surface area contributed by atoms with E-state index in [4.69, 9.17) is 4.42 Å². The molecule has 1 saturated carbocycles. The fraction of sp³-hybridized carbons (Fsp3) is 0.857. The van der Waals surface area contributed by atoms with E-state index >= 15 is 0 Å². The lowest BCUT2D eigenvalue weighted by Crippen LogP contribution is -2.21. The molecule has 1 aliphatic rings. The van der Waals surface area contributed by atoms with Gasteiger partial charge >= 0.3 is 0 Å². The fourth-order valence-electron chi connectivity index (χ4n) is 2.50. The van der Waals surface area contributed by atoms with E-state index in [0.717, 1.165) is 11.8 Å². The van der Waals surface area contributed by atoms with Gasteiger partial charge in [-0.3, -0.25) is 0 Å². The number of rotatable bonds is 4. The Hall–Kier alpha value is -0.900. The van der Waals surface area contributed by atoms with E-state index in [1.807, 2.05) is 0 Å². The second-order valence-electron chi connectivity index (χ2n) is 5.61. The number of hydrogen-bond donors (Lipinski definition) is 1. The highest BCUT2D eigenvalue weighted by Crippen LogP contribution is 2.29. The zero-order valence-corrected chi connectivity index (χ0v) is 11.6. The Morgan fingerprint density at radius 3 is 2.44 bits per heavy atom. The van der Waals surface area contributed by atoms with Crippen LogP contribution in [0.15, 0.2) is 4.42 Å². The van der Waals surface area contributed by atoms with Crippen LogP contribution in [0.1, 0.15) is 76.5 Å². The van der Waals surface area contributed by atoms with E-state index < -0.39 is 0 Å². The SMILES string of the molecule is CC(C)NCc1nnc(C2CCCCCCC2)o1. The second kappa shape index (κ2) is 6.88. The summed E-state index contributed by atoms with van der Waals surface area (Å²) in [7, 11) is 0. The van der Waals surface area contributed by atoms with Crippen molar-refractivity contribution in [3.63, 3.8) is 0 Å². The van der Waals surface area contributed by atoms with Crippen molar-refractivity contribution in [3.8, 4) is 0 Å². The minimum atomic E-state index is 0.446. The molecule has 4 heteroatoms. The maximum absolute atomic E-state index is 5.79. The van der Waals surface area contributed by atoms with E-state index in [1.165, 1.54) is 44.9 Å². The molecular weight excluding hydrogens is 226 g/mol. The number of nitrogens with zero attached hydrogens (tertiary/aromatic N) is 2. The first-order valence-electron chi connectivity index (χ1n) is 7.31. The second-order valence-corrected chi connectivity index (χ2v) is 5.61. The van der Waals surface area contributed by atoms with Crippen molar-refractivity contribution in [2.24, 2.45) is 0 Å². The average molecular weight is 251 g/mol. The molecule has 0 saturated heterocycles. The molecule has 0 radical (unpaired) electrons. The predicted molar refractivity (Wildman–Crippen MR) is 71.3 cm³/mol. The van der Waals surface area contributed by atoms with Gasteiger partial charge in [-0.2, -0.15) is 0 Å². The molecule has 1 aromatic rings. The summed E-state index contributed by atoms with van der Waals surface area (Å²) < 4.78 is 5.79. The van der Waals surface area contributed by atoms with Crippen molar-refractivity contribution >= 4 is 0 Å². The van der Waals surface area contributed by atoms with Crippen molar-refractivity contribution in [1.29, 1.82) is 0 Å². The maximum atomic E-state index is 5.79. The van der Waals surface area contributed by atoms with E-state index in [-0.39, 0.29) is 0 Å². The van der Waals surface area contributed by atoms with E-state index in [9.17, 15) is 0 Å². The van der Waals surface area contributed by atoms with Gasteiger partial charge in [0.25, 0.3) is 0 Å². The lowest BCUT2D eigenvalue weighted by Gasteiger charge is -2.15. The summed E-state index contributed by atoms with van der Waals surface area (Å²) in [5.41, 5.74) is 0. The highest BCUT2D eigenvalue weighted by atomic mass is 16.4. The van der Waals surface area contributed by atoms with Crippen molar-refractivity contribution in [2.75, 3.05) is 0 Å². The standard InChI is InChI=1S/C14H25N3O/c1-11(2)15-10-13-16-17-14(18-13)12-8-6-4-3-5-7-9-12/h11-12,15H,3-10H2,1-2H3. The maximum Gasteiger partial charge on any atom is 0.230 e. The Morgan fingerprint density at radius 2 is 1.78 bits per heavy atom. The molecule has 1 heterocycles. The normalized spacial score (nSPS) is 18.8. The monoisotopic (exact) mass is 251 g/mol. The molecule has 0 unspecified atom stereocenters. The third kappa shape index (κ3) is 4.09. The Kier molecular flexibility index (Phi) is 5.17. The lowest BCUT2D eigenvalue weighted by atomic mass is 9.91. The van der Waals surface area contributed by atoms with Gasteiger partial charge in [0.15, 0.2) is 0 Å². The zero-order chi connectivity index (χ0) is 12.8. The van der Waals surface area contributed by atoms with Gasteiger partial charge in [0, 0.05) is 12.0 Å². The Balaban J connectivity index is 1.90. The molecule has 102 valence electrons. The molecule has 1 aliphatic carbocycles. The summed E-state index contributed by atoms with van der Waals surface area (Å²) in [4.78, 5) is 0. The first-order valence-corrected chi connectivity index (χ1v) is 7.31. The highest BCUT2D eigenvalue weighted by Gasteiger charge is 2.19. The van der Waals surface area contributed by atoms with Crippen LogP contribution in [0.5, 0.6) is 0 Å².